The molecule has 0 aromatic rings. The lowest BCUT2D eigenvalue weighted by Crippen LogP contribution is -2.61. The summed E-state index contributed by atoms with van der Waals surface area (Å²) in [4.78, 5) is 26.6. The lowest BCUT2D eigenvalue weighted by Gasteiger charge is -2.41. The first-order valence-corrected chi connectivity index (χ1v) is 34.4. The van der Waals surface area contributed by atoms with E-state index in [1.165, 1.54) is 199 Å². The van der Waals surface area contributed by atoms with Crippen molar-refractivity contribution in [1.82, 2.24) is 5.32 Å². The monoisotopic (exact) mass is 1140 g/mol. The normalized spacial score (nSPS) is 18.9. The molecule has 1 heterocycles. The van der Waals surface area contributed by atoms with Crippen LogP contribution in [0, 0.1) is 0 Å². The van der Waals surface area contributed by atoms with E-state index in [2.05, 4.69) is 62.5 Å². The van der Waals surface area contributed by atoms with Gasteiger partial charge in [0.2, 0.25) is 5.91 Å². The van der Waals surface area contributed by atoms with Crippen LogP contribution in [0.2, 0.25) is 0 Å². The zero-order valence-electron chi connectivity index (χ0n) is 52.7. The van der Waals surface area contributed by atoms with Gasteiger partial charge in [0.15, 0.2) is 12.4 Å². The molecule has 1 aliphatic heterocycles. The summed E-state index contributed by atoms with van der Waals surface area (Å²) in [6.45, 7) is 5.78. The Labute approximate surface area is 497 Å². The molecule has 0 spiro atoms. The van der Waals surface area contributed by atoms with Crippen molar-refractivity contribution in [2.24, 2.45) is 0 Å². The molecule has 0 aromatic carbocycles. The summed E-state index contributed by atoms with van der Waals surface area (Å²) in [5.74, 6) is -1.21. The van der Waals surface area contributed by atoms with Crippen molar-refractivity contribution in [3.63, 3.8) is 0 Å². The van der Waals surface area contributed by atoms with Crippen LogP contribution in [-0.2, 0) is 23.8 Å². The van der Waals surface area contributed by atoms with Crippen molar-refractivity contribution < 1.29 is 49.3 Å². The number of aliphatic hydroxyl groups excluding tert-OH is 5. The Morgan fingerprint density at radius 3 is 1.30 bits per heavy atom. The summed E-state index contributed by atoms with van der Waals surface area (Å²) in [5, 5.41) is 57.1. The average Bonchev–Trinajstić information content (AvgIpc) is 3.50. The molecule has 8 atom stereocenters. The smallest absolute Gasteiger partial charge is 0.306 e. The van der Waals surface area contributed by atoms with Crippen LogP contribution in [0.5, 0.6) is 0 Å². The van der Waals surface area contributed by atoms with E-state index in [0.717, 1.165) is 77.0 Å². The van der Waals surface area contributed by atoms with E-state index >= 15 is 0 Å². The van der Waals surface area contributed by atoms with E-state index in [1.54, 1.807) is 6.08 Å². The number of ether oxygens (including phenoxy) is 3. The van der Waals surface area contributed by atoms with Crippen molar-refractivity contribution in [3.05, 3.63) is 48.6 Å². The Morgan fingerprint density at radius 2 is 0.852 bits per heavy atom. The first kappa shape index (κ1) is 76.6. The number of hydrogen-bond donors (Lipinski definition) is 6. The SMILES string of the molecule is CCCCC/C=C\C/C=C\C/C=C\CCCCCC(O)C(=O)NC(COC1OC(CO)C(O)C(O)C1OC(=O)CCCCCCCCCCCCCCCCCCCCCCCCCCC)C(O)/C=C/CCCCCCCCCCC. The molecule has 1 rings (SSSR count). The molecule has 1 fully saturated rings. The summed E-state index contributed by atoms with van der Waals surface area (Å²) in [5.41, 5.74) is 0. The van der Waals surface area contributed by atoms with E-state index in [9.17, 15) is 35.1 Å². The molecule has 474 valence electrons. The van der Waals surface area contributed by atoms with Crippen LogP contribution in [0.1, 0.15) is 323 Å². The molecule has 1 amide bonds. The summed E-state index contributed by atoms with van der Waals surface area (Å²) < 4.78 is 17.7. The molecule has 11 nitrogen and oxygen atoms in total. The average molecular weight is 1140 g/mol. The third-order valence-corrected chi connectivity index (χ3v) is 16.2. The molecule has 0 aliphatic carbocycles. The van der Waals surface area contributed by atoms with E-state index in [1.807, 2.05) is 6.08 Å². The highest BCUT2D eigenvalue weighted by Crippen LogP contribution is 2.26. The Balaban J connectivity index is 2.56. The first-order valence-electron chi connectivity index (χ1n) is 34.4. The fourth-order valence-corrected chi connectivity index (χ4v) is 10.8. The highest BCUT2D eigenvalue weighted by molar-refractivity contribution is 5.80. The maximum Gasteiger partial charge on any atom is 0.306 e. The van der Waals surface area contributed by atoms with Crippen LogP contribution in [0.25, 0.3) is 0 Å². The highest BCUT2D eigenvalue weighted by atomic mass is 16.7. The summed E-state index contributed by atoms with van der Waals surface area (Å²) in [6.07, 6.45) is 61.7. The standard InChI is InChI=1S/C70H129NO10/c1-4-7-10-13-16-19-22-24-26-28-29-30-31-32-33-34-35-36-38-40-43-46-49-52-55-58-65(75)81-68-67(77)66(76)64(59-72)80-70(68)79-60-61(62(73)56-53-50-47-44-41-21-18-15-12-9-6-3)71-69(78)63(74)57-54-51-48-45-42-39-37-27-25-23-20-17-14-11-8-5-2/h17,20,25,27,39,42,53,56,61-64,66-68,70,72-74,76-77H,4-16,18-19,21-24,26,28-38,40-41,43-52,54-55,57-60H2,1-3H3,(H,71,78)/b20-17-,27-25-,42-39-,56-53+. The molecule has 1 saturated heterocycles. The number of rotatable bonds is 59. The third kappa shape index (κ3) is 45.6. The van der Waals surface area contributed by atoms with Gasteiger partial charge in [-0.25, -0.2) is 0 Å². The van der Waals surface area contributed by atoms with Crippen LogP contribution < -0.4 is 5.32 Å². The van der Waals surface area contributed by atoms with Crippen molar-refractivity contribution in [3.8, 4) is 0 Å². The maximum atomic E-state index is 13.4. The number of aliphatic hydroxyl groups is 5. The van der Waals surface area contributed by atoms with Gasteiger partial charge in [-0.15, -0.1) is 0 Å². The van der Waals surface area contributed by atoms with Gasteiger partial charge in [0.25, 0.3) is 0 Å². The minimum absolute atomic E-state index is 0.125. The van der Waals surface area contributed by atoms with Gasteiger partial charge in [-0.05, 0) is 64.2 Å². The molecule has 0 aromatic heterocycles. The van der Waals surface area contributed by atoms with Gasteiger partial charge < -0.3 is 45.1 Å². The van der Waals surface area contributed by atoms with Crippen molar-refractivity contribution in [1.29, 1.82) is 0 Å². The van der Waals surface area contributed by atoms with Crippen molar-refractivity contribution in [2.75, 3.05) is 13.2 Å². The predicted molar refractivity (Wildman–Crippen MR) is 338 cm³/mol. The lowest BCUT2D eigenvalue weighted by molar-refractivity contribution is -0.305. The molecule has 1 aliphatic rings. The second kappa shape index (κ2) is 58.0. The van der Waals surface area contributed by atoms with Gasteiger partial charge in [0, 0.05) is 6.42 Å². The number of hydrogen-bond acceptors (Lipinski definition) is 10. The van der Waals surface area contributed by atoms with E-state index in [0.29, 0.717) is 12.8 Å². The van der Waals surface area contributed by atoms with E-state index in [-0.39, 0.29) is 19.4 Å². The van der Waals surface area contributed by atoms with Gasteiger partial charge in [0.1, 0.15) is 24.4 Å². The minimum atomic E-state index is -1.62. The second-order valence-electron chi connectivity index (χ2n) is 23.9. The van der Waals surface area contributed by atoms with Crippen LogP contribution in [-0.4, -0.2) is 99.6 Å². The molecule has 0 radical (unpaired) electrons. The molecule has 81 heavy (non-hydrogen) atoms. The quantitative estimate of drug-likeness (QED) is 0.0195. The summed E-state index contributed by atoms with van der Waals surface area (Å²) >= 11 is 0. The zero-order valence-corrected chi connectivity index (χ0v) is 52.7. The fourth-order valence-electron chi connectivity index (χ4n) is 10.8. The number of esters is 1. The lowest BCUT2D eigenvalue weighted by atomic mass is 9.99. The fraction of sp³-hybridized carbons (Fsp3) is 0.857. The van der Waals surface area contributed by atoms with Crippen molar-refractivity contribution >= 4 is 11.9 Å². The Morgan fingerprint density at radius 1 is 0.481 bits per heavy atom. The van der Waals surface area contributed by atoms with E-state index in [4.69, 9.17) is 14.2 Å². The van der Waals surface area contributed by atoms with Crippen LogP contribution >= 0.6 is 0 Å². The molecule has 6 N–H and O–H groups in total. The largest absolute Gasteiger partial charge is 0.454 e. The number of carbonyl (C=O) groups excluding carboxylic acids is 2. The van der Waals surface area contributed by atoms with Gasteiger partial charge in [-0.3, -0.25) is 9.59 Å². The topological polar surface area (TPSA) is 175 Å². The number of unbranched alkanes of at least 4 members (excludes halogenated alkanes) is 39. The highest BCUT2D eigenvalue weighted by Gasteiger charge is 2.47. The molecule has 0 saturated carbocycles. The van der Waals surface area contributed by atoms with Crippen LogP contribution in [0.3, 0.4) is 0 Å². The number of allylic oxidation sites excluding steroid dienone is 7. The van der Waals surface area contributed by atoms with Crippen LogP contribution in [0.4, 0.5) is 0 Å². The second-order valence-corrected chi connectivity index (χ2v) is 23.9. The van der Waals surface area contributed by atoms with Gasteiger partial charge in [-0.2, -0.15) is 0 Å². The van der Waals surface area contributed by atoms with Crippen LogP contribution in [0.15, 0.2) is 48.6 Å². The molecule has 0 bridgehead atoms. The molecular formula is C70H129NO10. The third-order valence-electron chi connectivity index (χ3n) is 16.2. The molecule has 8 unspecified atom stereocenters. The maximum absolute atomic E-state index is 13.4. The summed E-state index contributed by atoms with van der Waals surface area (Å²) in [7, 11) is 0. The number of amides is 1. The minimum Gasteiger partial charge on any atom is -0.454 e. The molecular weight excluding hydrogens is 1010 g/mol. The van der Waals surface area contributed by atoms with Gasteiger partial charge in [-0.1, -0.05) is 301 Å². The van der Waals surface area contributed by atoms with Gasteiger partial charge in [0.05, 0.1) is 25.4 Å². The first-order chi connectivity index (χ1) is 39.7. The molecule has 11 heteroatoms. The van der Waals surface area contributed by atoms with Crippen molar-refractivity contribution in [2.45, 2.75) is 372 Å². The predicted octanol–water partition coefficient (Wildman–Crippen LogP) is 17.2. The Kier molecular flexibility index (Phi) is 54.9. The van der Waals surface area contributed by atoms with Gasteiger partial charge >= 0.3 is 5.97 Å². The Hall–Kier alpha value is -2.38. The number of carbonyl (C=O) groups is 2. The summed E-state index contributed by atoms with van der Waals surface area (Å²) in [6, 6.07) is -1.03. The zero-order chi connectivity index (χ0) is 58.9. The Bertz CT molecular complexity index is 1500. The van der Waals surface area contributed by atoms with E-state index < -0.39 is 67.4 Å². The number of nitrogens with one attached hydrogen (secondary N) is 1.